The van der Waals surface area contributed by atoms with E-state index in [2.05, 4.69) is 15.5 Å². The van der Waals surface area contributed by atoms with Gasteiger partial charge in [0.25, 0.3) is 0 Å². The quantitative estimate of drug-likeness (QED) is 0.804. The van der Waals surface area contributed by atoms with Crippen LogP contribution in [0.25, 0.3) is 10.2 Å². The highest BCUT2D eigenvalue weighted by Gasteiger charge is 2.16. The number of thiazole rings is 1. The van der Waals surface area contributed by atoms with E-state index in [1.807, 2.05) is 25.2 Å². The van der Waals surface area contributed by atoms with Crippen molar-refractivity contribution in [2.75, 3.05) is 36.9 Å². The van der Waals surface area contributed by atoms with E-state index >= 15 is 0 Å². The van der Waals surface area contributed by atoms with Crippen molar-refractivity contribution in [3.05, 3.63) is 18.2 Å². The summed E-state index contributed by atoms with van der Waals surface area (Å²) in [4.78, 5) is 18.9. The molecule has 2 heterocycles. The molecule has 1 aromatic carbocycles. The van der Waals surface area contributed by atoms with Crippen LogP contribution in [0.3, 0.4) is 0 Å². The topological polar surface area (TPSA) is 57.3 Å². The number of hydrogen-bond acceptors (Lipinski definition) is 5. The SMILES string of the molecule is CNCCCC(=O)Nc1ccc2nc(N3CCCC3)sc2c1. The van der Waals surface area contributed by atoms with Crippen molar-refractivity contribution in [3.8, 4) is 0 Å². The number of aromatic nitrogens is 1. The lowest BCUT2D eigenvalue weighted by atomic mass is 10.2. The number of nitrogens with zero attached hydrogens (tertiary/aromatic N) is 2. The lowest BCUT2D eigenvalue weighted by Crippen LogP contribution is -2.16. The number of hydrogen-bond donors (Lipinski definition) is 2. The van der Waals surface area contributed by atoms with Gasteiger partial charge in [-0.25, -0.2) is 4.98 Å². The molecule has 1 saturated heterocycles. The van der Waals surface area contributed by atoms with Crippen LogP contribution in [0.15, 0.2) is 18.2 Å². The minimum atomic E-state index is 0.0684. The van der Waals surface area contributed by atoms with Gasteiger partial charge in [0.05, 0.1) is 10.2 Å². The maximum Gasteiger partial charge on any atom is 0.224 e. The molecule has 0 atom stereocenters. The van der Waals surface area contributed by atoms with Crippen LogP contribution in [0.1, 0.15) is 25.7 Å². The molecule has 0 bridgehead atoms. The fourth-order valence-electron chi connectivity index (χ4n) is 2.68. The Hall–Kier alpha value is -1.66. The largest absolute Gasteiger partial charge is 0.348 e. The molecule has 3 rings (SSSR count). The molecule has 6 heteroatoms. The summed E-state index contributed by atoms with van der Waals surface area (Å²) in [7, 11) is 1.90. The number of fused-ring (bicyclic) bond motifs is 1. The lowest BCUT2D eigenvalue weighted by Gasteiger charge is -2.11. The molecule has 0 unspecified atom stereocenters. The van der Waals surface area contributed by atoms with Gasteiger partial charge in [-0.1, -0.05) is 11.3 Å². The first-order valence-corrected chi connectivity index (χ1v) is 8.68. The molecule has 1 aromatic heterocycles. The van der Waals surface area contributed by atoms with E-state index in [4.69, 9.17) is 4.98 Å². The Kier molecular flexibility index (Phi) is 4.90. The molecule has 0 radical (unpaired) electrons. The Morgan fingerprint density at radius 2 is 2.18 bits per heavy atom. The molecule has 1 amide bonds. The average Bonchev–Trinajstić information content (AvgIpc) is 3.16. The van der Waals surface area contributed by atoms with Gasteiger partial charge >= 0.3 is 0 Å². The van der Waals surface area contributed by atoms with Gasteiger partial charge in [0.1, 0.15) is 0 Å². The Balaban J connectivity index is 1.68. The highest BCUT2D eigenvalue weighted by Crippen LogP contribution is 2.32. The standard InChI is InChI=1S/C16H22N4OS/c1-17-8-4-5-15(21)18-12-6-7-13-14(11-12)22-16(19-13)20-9-2-3-10-20/h6-7,11,17H,2-5,8-10H2,1H3,(H,18,21). The number of carbonyl (C=O) groups excluding carboxylic acids is 1. The molecule has 5 nitrogen and oxygen atoms in total. The van der Waals surface area contributed by atoms with Crippen LogP contribution in [0, 0.1) is 0 Å². The van der Waals surface area contributed by atoms with Crippen molar-refractivity contribution in [2.24, 2.45) is 0 Å². The minimum absolute atomic E-state index is 0.0684. The van der Waals surface area contributed by atoms with E-state index in [1.54, 1.807) is 11.3 Å². The molecule has 0 spiro atoms. The van der Waals surface area contributed by atoms with E-state index in [0.717, 1.165) is 47.1 Å². The van der Waals surface area contributed by atoms with Crippen LogP contribution in [-0.4, -0.2) is 37.6 Å². The van der Waals surface area contributed by atoms with Crippen LogP contribution >= 0.6 is 11.3 Å². The molecule has 2 aromatic rings. The van der Waals surface area contributed by atoms with E-state index in [1.165, 1.54) is 12.8 Å². The number of carbonyl (C=O) groups is 1. The average molecular weight is 318 g/mol. The number of amides is 1. The molecular formula is C16H22N4OS. The number of rotatable bonds is 6. The van der Waals surface area contributed by atoms with Crippen LogP contribution in [0.4, 0.5) is 10.8 Å². The van der Waals surface area contributed by atoms with E-state index in [0.29, 0.717) is 6.42 Å². The Labute approximate surface area is 134 Å². The molecule has 118 valence electrons. The second-order valence-electron chi connectivity index (χ2n) is 5.63. The fraction of sp³-hybridized carbons (Fsp3) is 0.500. The molecule has 1 aliphatic heterocycles. The lowest BCUT2D eigenvalue weighted by molar-refractivity contribution is -0.116. The van der Waals surface area contributed by atoms with Crippen molar-refractivity contribution in [1.29, 1.82) is 0 Å². The van der Waals surface area contributed by atoms with E-state index < -0.39 is 0 Å². The van der Waals surface area contributed by atoms with Crippen LogP contribution in [0.2, 0.25) is 0 Å². The summed E-state index contributed by atoms with van der Waals surface area (Å²) in [5.41, 5.74) is 1.87. The summed E-state index contributed by atoms with van der Waals surface area (Å²) < 4.78 is 1.13. The third-order valence-corrected chi connectivity index (χ3v) is 4.95. The number of anilines is 2. The number of benzene rings is 1. The highest BCUT2D eigenvalue weighted by atomic mass is 32.1. The van der Waals surface area contributed by atoms with Crippen molar-refractivity contribution < 1.29 is 4.79 Å². The maximum atomic E-state index is 11.9. The van der Waals surface area contributed by atoms with Gasteiger partial charge in [-0.05, 0) is 51.1 Å². The van der Waals surface area contributed by atoms with Gasteiger partial charge < -0.3 is 15.5 Å². The monoisotopic (exact) mass is 318 g/mol. The van der Waals surface area contributed by atoms with Crippen molar-refractivity contribution >= 4 is 38.3 Å². The van der Waals surface area contributed by atoms with Gasteiger partial charge in [0.15, 0.2) is 5.13 Å². The second kappa shape index (κ2) is 7.07. The van der Waals surface area contributed by atoms with Gasteiger partial charge in [0, 0.05) is 25.2 Å². The Bertz CT molecular complexity index is 649. The molecule has 0 aliphatic carbocycles. The third-order valence-electron chi connectivity index (χ3n) is 3.87. The summed E-state index contributed by atoms with van der Waals surface area (Å²) >= 11 is 1.71. The summed E-state index contributed by atoms with van der Waals surface area (Å²) in [6, 6.07) is 5.96. The van der Waals surface area contributed by atoms with Gasteiger partial charge in [-0.3, -0.25) is 4.79 Å². The van der Waals surface area contributed by atoms with E-state index in [9.17, 15) is 4.79 Å². The first-order chi connectivity index (χ1) is 10.8. The molecule has 0 saturated carbocycles. The maximum absolute atomic E-state index is 11.9. The first kappa shape index (κ1) is 15.2. The van der Waals surface area contributed by atoms with Crippen LogP contribution in [0.5, 0.6) is 0 Å². The normalized spacial score (nSPS) is 14.7. The molecule has 1 aliphatic rings. The Morgan fingerprint density at radius 1 is 1.36 bits per heavy atom. The van der Waals surface area contributed by atoms with Crippen molar-refractivity contribution in [1.82, 2.24) is 10.3 Å². The zero-order chi connectivity index (χ0) is 15.4. The fourth-order valence-corrected chi connectivity index (χ4v) is 3.74. The van der Waals surface area contributed by atoms with Gasteiger partial charge in [-0.15, -0.1) is 0 Å². The highest BCUT2D eigenvalue weighted by molar-refractivity contribution is 7.22. The van der Waals surface area contributed by atoms with Crippen LogP contribution < -0.4 is 15.5 Å². The number of nitrogens with one attached hydrogen (secondary N) is 2. The van der Waals surface area contributed by atoms with E-state index in [-0.39, 0.29) is 5.91 Å². The zero-order valence-electron chi connectivity index (χ0n) is 12.9. The summed E-state index contributed by atoms with van der Waals surface area (Å²) in [6.07, 6.45) is 3.90. The second-order valence-corrected chi connectivity index (χ2v) is 6.64. The van der Waals surface area contributed by atoms with Gasteiger partial charge in [0.2, 0.25) is 5.91 Å². The Morgan fingerprint density at radius 3 is 2.95 bits per heavy atom. The molecule has 2 N–H and O–H groups in total. The predicted molar refractivity (Wildman–Crippen MR) is 92.9 cm³/mol. The predicted octanol–water partition coefficient (Wildman–Crippen LogP) is 2.83. The van der Waals surface area contributed by atoms with Crippen molar-refractivity contribution in [3.63, 3.8) is 0 Å². The summed E-state index contributed by atoms with van der Waals surface area (Å²) in [5.74, 6) is 0.0684. The summed E-state index contributed by atoms with van der Waals surface area (Å²) in [5, 5.41) is 7.12. The smallest absolute Gasteiger partial charge is 0.224 e. The third kappa shape index (κ3) is 3.56. The molecule has 1 fully saturated rings. The molecule has 22 heavy (non-hydrogen) atoms. The van der Waals surface area contributed by atoms with Gasteiger partial charge in [-0.2, -0.15) is 0 Å². The summed E-state index contributed by atoms with van der Waals surface area (Å²) in [6.45, 7) is 3.07. The minimum Gasteiger partial charge on any atom is -0.348 e. The van der Waals surface area contributed by atoms with Crippen molar-refractivity contribution in [2.45, 2.75) is 25.7 Å². The van der Waals surface area contributed by atoms with Crippen LogP contribution in [-0.2, 0) is 4.79 Å². The zero-order valence-corrected chi connectivity index (χ0v) is 13.7. The molecular weight excluding hydrogens is 296 g/mol. The first-order valence-electron chi connectivity index (χ1n) is 7.86.